The number of rotatable bonds is 3. The predicted molar refractivity (Wildman–Crippen MR) is 101 cm³/mol. The van der Waals surface area contributed by atoms with Gasteiger partial charge in [0, 0.05) is 26.3 Å². The van der Waals surface area contributed by atoms with Crippen LogP contribution >= 0.6 is 0 Å². The highest BCUT2D eigenvalue weighted by atomic mass is 19.1. The number of carboxylic acids is 1. The number of carboxylic acid groups (broad SMARTS) is 1. The van der Waals surface area contributed by atoms with E-state index in [-0.39, 0.29) is 29.6 Å². The van der Waals surface area contributed by atoms with E-state index in [2.05, 4.69) is 10.2 Å². The van der Waals surface area contributed by atoms with Crippen molar-refractivity contribution in [2.24, 2.45) is 0 Å². The zero-order valence-corrected chi connectivity index (χ0v) is 15.4. The summed E-state index contributed by atoms with van der Waals surface area (Å²) >= 11 is 0. The Hall–Kier alpha value is -3.63. The van der Waals surface area contributed by atoms with Gasteiger partial charge in [-0.1, -0.05) is 0 Å². The molecule has 29 heavy (non-hydrogen) atoms. The number of halogens is 1. The topological polar surface area (TPSA) is 106 Å². The average molecular weight is 400 g/mol. The Balaban J connectivity index is 1.69. The molecule has 0 spiro atoms. The number of nitrogens with zero attached hydrogens (tertiary/aromatic N) is 6. The molecule has 11 heteroatoms. The van der Waals surface area contributed by atoms with Gasteiger partial charge in [0.2, 0.25) is 5.43 Å². The lowest BCUT2D eigenvalue weighted by Crippen LogP contribution is -2.40. The summed E-state index contributed by atoms with van der Waals surface area (Å²) in [7, 11) is 1.69. The van der Waals surface area contributed by atoms with Gasteiger partial charge in [-0.25, -0.2) is 9.18 Å². The molecule has 0 amide bonds. The fourth-order valence-electron chi connectivity index (χ4n) is 4.06. The van der Waals surface area contributed by atoms with Crippen LogP contribution in [0.5, 0.6) is 5.75 Å². The fourth-order valence-corrected chi connectivity index (χ4v) is 4.06. The van der Waals surface area contributed by atoms with Gasteiger partial charge in [-0.3, -0.25) is 14.5 Å². The van der Waals surface area contributed by atoms with Crippen LogP contribution in [0.4, 0.5) is 10.1 Å². The Morgan fingerprint density at radius 3 is 2.83 bits per heavy atom. The molecule has 0 radical (unpaired) electrons. The first kappa shape index (κ1) is 17.5. The second kappa shape index (κ2) is 6.19. The van der Waals surface area contributed by atoms with Crippen molar-refractivity contribution in [3.05, 3.63) is 46.5 Å². The molecule has 1 unspecified atom stereocenters. The highest BCUT2D eigenvalue weighted by Crippen LogP contribution is 2.42. The van der Waals surface area contributed by atoms with Crippen LogP contribution < -0.4 is 20.1 Å². The van der Waals surface area contributed by atoms with Crippen LogP contribution in [-0.2, 0) is 0 Å². The monoisotopic (exact) mass is 400 g/mol. The van der Waals surface area contributed by atoms with Crippen molar-refractivity contribution in [3.63, 3.8) is 0 Å². The van der Waals surface area contributed by atoms with Crippen LogP contribution in [0.25, 0.3) is 10.9 Å². The average Bonchev–Trinajstić information content (AvgIpc) is 3.37. The summed E-state index contributed by atoms with van der Waals surface area (Å²) in [6, 6.07) is 1.20. The van der Waals surface area contributed by atoms with Crippen LogP contribution in [0, 0.1) is 5.82 Å². The number of pyridine rings is 1. The van der Waals surface area contributed by atoms with Gasteiger partial charge in [-0.2, -0.15) is 0 Å². The molecule has 4 heterocycles. The van der Waals surface area contributed by atoms with E-state index in [4.69, 9.17) is 4.74 Å². The minimum absolute atomic E-state index is 0.0257. The minimum atomic E-state index is -1.36. The van der Waals surface area contributed by atoms with Gasteiger partial charge in [0.1, 0.15) is 29.4 Å². The number of ether oxygens (including phenoxy) is 1. The van der Waals surface area contributed by atoms with Gasteiger partial charge in [0.25, 0.3) is 0 Å². The maximum atomic E-state index is 15.2. The molecule has 1 aromatic carbocycles. The second-order valence-electron chi connectivity index (χ2n) is 7.18. The third kappa shape index (κ3) is 2.53. The molecule has 5 rings (SSSR count). The Morgan fingerprint density at radius 1 is 1.34 bits per heavy atom. The lowest BCUT2D eigenvalue weighted by molar-refractivity contribution is 0.0694. The predicted octanol–water partition coefficient (Wildman–Crippen LogP) is 0.799. The number of hydrogen-bond donors (Lipinski definition) is 1. The summed E-state index contributed by atoms with van der Waals surface area (Å²) in [5, 5.41) is 18.6. The molecule has 1 saturated heterocycles. The molecule has 2 aliphatic rings. The van der Waals surface area contributed by atoms with Crippen molar-refractivity contribution in [3.8, 4) is 5.75 Å². The van der Waals surface area contributed by atoms with E-state index in [1.807, 2.05) is 9.47 Å². The summed E-state index contributed by atoms with van der Waals surface area (Å²) in [5.41, 5.74) is -0.522. The Labute approximate surface area is 163 Å². The zero-order valence-electron chi connectivity index (χ0n) is 15.4. The maximum absolute atomic E-state index is 15.2. The summed E-state index contributed by atoms with van der Waals surface area (Å²) in [4.78, 5) is 26.0. The van der Waals surface area contributed by atoms with Gasteiger partial charge in [0.05, 0.1) is 11.4 Å². The smallest absolute Gasteiger partial charge is 0.341 e. The molecular formula is C18H17FN6O4. The molecule has 2 aromatic heterocycles. The number of hydrogen-bond acceptors (Lipinski definition) is 7. The number of benzene rings is 1. The zero-order chi connectivity index (χ0) is 20.3. The fraction of sp³-hybridized carbons (Fsp3) is 0.333. The molecule has 0 aliphatic carbocycles. The quantitative estimate of drug-likeness (QED) is 0.688. The van der Waals surface area contributed by atoms with E-state index in [0.29, 0.717) is 18.6 Å². The van der Waals surface area contributed by atoms with Gasteiger partial charge in [-0.15, -0.1) is 10.2 Å². The first-order chi connectivity index (χ1) is 14.0. The van der Waals surface area contributed by atoms with E-state index in [9.17, 15) is 14.7 Å². The molecular weight excluding hydrogens is 383 g/mol. The first-order valence-corrected chi connectivity index (χ1v) is 9.04. The number of aromatic carboxylic acids is 1. The Kier molecular flexibility index (Phi) is 3.73. The minimum Gasteiger partial charge on any atom is -0.477 e. The van der Waals surface area contributed by atoms with Crippen LogP contribution in [0.15, 0.2) is 29.7 Å². The van der Waals surface area contributed by atoms with Gasteiger partial charge < -0.3 is 19.3 Å². The molecule has 10 nitrogen and oxygen atoms in total. The molecule has 1 N–H and O–H groups in total. The van der Waals surface area contributed by atoms with E-state index >= 15 is 4.39 Å². The van der Waals surface area contributed by atoms with Crippen molar-refractivity contribution < 1.29 is 19.0 Å². The lowest BCUT2D eigenvalue weighted by atomic mass is 10.1. The molecule has 2 aliphatic heterocycles. The Bertz CT molecular complexity index is 1190. The van der Waals surface area contributed by atoms with Crippen molar-refractivity contribution in [2.45, 2.75) is 12.5 Å². The molecule has 0 bridgehead atoms. The van der Waals surface area contributed by atoms with Crippen molar-refractivity contribution in [1.29, 1.82) is 0 Å². The summed E-state index contributed by atoms with van der Waals surface area (Å²) in [5.74, 6) is -1.73. The van der Waals surface area contributed by atoms with E-state index in [1.165, 1.54) is 10.9 Å². The van der Waals surface area contributed by atoms with Gasteiger partial charge >= 0.3 is 5.97 Å². The largest absolute Gasteiger partial charge is 0.477 e. The van der Waals surface area contributed by atoms with Crippen LogP contribution in [0.2, 0.25) is 0 Å². The Morgan fingerprint density at radius 2 is 2.10 bits per heavy atom. The summed E-state index contributed by atoms with van der Waals surface area (Å²) in [6.07, 6.45) is 5.29. The van der Waals surface area contributed by atoms with E-state index in [1.54, 1.807) is 24.7 Å². The van der Waals surface area contributed by atoms with Crippen LogP contribution in [0.3, 0.4) is 0 Å². The van der Waals surface area contributed by atoms with Gasteiger partial charge in [0.15, 0.2) is 18.3 Å². The number of anilines is 1. The first-order valence-electron chi connectivity index (χ1n) is 9.04. The SMILES string of the molecule is CN1COc2c(N3CCC(n4cnnc4)C3)c(F)cc3c(=O)c(C(=O)O)cn1c23. The number of aromatic nitrogens is 4. The molecule has 150 valence electrons. The normalized spacial score (nSPS) is 18.3. The number of carbonyl (C=O) groups is 1. The summed E-state index contributed by atoms with van der Waals surface area (Å²) < 4.78 is 24.4. The molecule has 1 atom stereocenters. The van der Waals surface area contributed by atoms with Crippen molar-refractivity contribution in [1.82, 2.24) is 19.4 Å². The highest BCUT2D eigenvalue weighted by Gasteiger charge is 2.33. The van der Waals surface area contributed by atoms with E-state index in [0.717, 1.165) is 12.5 Å². The van der Waals surface area contributed by atoms with Crippen molar-refractivity contribution in [2.75, 3.05) is 36.8 Å². The molecule has 3 aromatic rings. The standard InChI is InChI=1S/C18H17FN6O4/c1-22-9-29-17-14-11(16(26)12(18(27)28)6-25(14)22)4-13(19)15(17)23-3-2-10(5-23)24-7-20-21-8-24/h4,6-8,10H,2-3,5,9H2,1H3,(H,27,28). The lowest BCUT2D eigenvalue weighted by Gasteiger charge is -2.33. The molecule has 0 saturated carbocycles. The van der Waals surface area contributed by atoms with Crippen molar-refractivity contribution >= 4 is 22.6 Å². The van der Waals surface area contributed by atoms with E-state index < -0.39 is 22.8 Å². The third-order valence-corrected chi connectivity index (χ3v) is 5.48. The summed E-state index contributed by atoms with van der Waals surface area (Å²) in [6.45, 7) is 1.21. The van der Waals surface area contributed by atoms with Gasteiger partial charge in [-0.05, 0) is 12.5 Å². The third-order valence-electron chi connectivity index (χ3n) is 5.48. The van der Waals surface area contributed by atoms with Crippen LogP contribution in [0.1, 0.15) is 22.8 Å². The second-order valence-corrected chi connectivity index (χ2v) is 7.18. The maximum Gasteiger partial charge on any atom is 0.341 e. The highest BCUT2D eigenvalue weighted by molar-refractivity contribution is 5.97. The molecule has 1 fully saturated rings. The van der Waals surface area contributed by atoms with Crippen LogP contribution in [-0.4, -0.2) is 57.4 Å².